The van der Waals surface area contributed by atoms with Crippen LogP contribution in [0.1, 0.15) is 11.3 Å². The number of halogens is 1. The van der Waals surface area contributed by atoms with Crippen LogP contribution < -0.4 is 5.73 Å². The summed E-state index contributed by atoms with van der Waals surface area (Å²) in [6.07, 6.45) is 1.58. The lowest BCUT2D eigenvalue weighted by Crippen LogP contribution is -2.13. The fourth-order valence-electron chi connectivity index (χ4n) is 1.59. The predicted octanol–water partition coefficient (Wildman–Crippen LogP) is 2.21. The normalized spacial score (nSPS) is 10.6. The van der Waals surface area contributed by atoms with Gasteiger partial charge in [-0.25, -0.2) is 4.98 Å². The van der Waals surface area contributed by atoms with Gasteiger partial charge in [0.25, 0.3) is 0 Å². The Morgan fingerprint density at radius 1 is 1.50 bits per heavy atom. The minimum atomic E-state index is 0.0112. The first kappa shape index (κ1) is 12.9. The molecule has 0 aliphatic heterocycles. The van der Waals surface area contributed by atoms with E-state index in [0.29, 0.717) is 10.6 Å². The molecule has 2 aromatic rings. The summed E-state index contributed by atoms with van der Waals surface area (Å²) < 4.78 is 1.70. The van der Waals surface area contributed by atoms with Gasteiger partial charge >= 0.3 is 0 Å². The maximum absolute atomic E-state index is 7.60. The monoisotopic (exact) mass is 281 g/mol. The molecule has 0 fully saturated rings. The lowest BCUT2D eigenvalue weighted by Gasteiger charge is -2.04. The van der Waals surface area contributed by atoms with E-state index >= 15 is 0 Å². The summed E-state index contributed by atoms with van der Waals surface area (Å²) >= 11 is 7.20. The molecule has 2 rings (SSSR count). The average Bonchev–Trinajstić information content (AvgIpc) is 2.57. The van der Waals surface area contributed by atoms with Crippen molar-refractivity contribution in [2.75, 3.05) is 0 Å². The molecule has 0 aromatic carbocycles. The highest BCUT2D eigenvalue weighted by Crippen LogP contribution is 2.30. The number of aryl methyl sites for hydroxylation is 2. The Balaban J connectivity index is 2.39. The number of hydrogen-bond donors (Lipinski definition) is 2. The molecular formula is C11H12ClN5S. The van der Waals surface area contributed by atoms with E-state index in [1.807, 2.05) is 20.0 Å². The Bertz CT molecular complexity index is 590. The van der Waals surface area contributed by atoms with Gasteiger partial charge in [0.15, 0.2) is 0 Å². The maximum Gasteiger partial charge on any atom is 0.127 e. The Kier molecular flexibility index (Phi) is 3.58. The molecule has 2 aromatic heterocycles. The molecule has 5 nitrogen and oxygen atoms in total. The highest BCUT2D eigenvalue weighted by molar-refractivity contribution is 7.99. The Labute approximate surface area is 114 Å². The molecular weight excluding hydrogens is 270 g/mol. The summed E-state index contributed by atoms with van der Waals surface area (Å²) in [5.74, 6) is 0.0112. The second kappa shape index (κ2) is 4.99. The minimum Gasteiger partial charge on any atom is -0.384 e. The van der Waals surface area contributed by atoms with Crippen LogP contribution in [0.25, 0.3) is 0 Å². The molecule has 0 saturated heterocycles. The Morgan fingerprint density at radius 3 is 2.78 bits per heavy atom. The maximum atomic E-state index is 7.60. The summed E-state index contributed by atoms with van der Waals surface area (Å²) in [7, 11) is 1.82. The molecule has 2 heterocycles. The molecule has 18 heavy (non-hydrogen) atoms. The van der Waals surface area contributed by atoms with Crippen LogP contribution in [-0.2, 0) is 7.05 Å². The third-order valence-electron chi connectivity index (χ3n) is 2.34. The van der Waals surface area contributed by atoms with Crippen molar-refractivity contribution in [1.29, 1.82) is 5.41 Å². The molecule has 0 spiro atoms. The van der Waals surface area contributed by atoms with Crippen molar-refractivity contribution in [2.45, 2.75) is 17.0 Å². The standard InChI is InChI=1S/C11H12ClN5S/c1-6-9(10(13)14)11(17(2)16-6)18-8-4-3-7(12)5-15-8/h3-5H,1-2H3,(H3,13,14). The highest BCUT2D eigenvalue weighted by Gasteiger charge is 2.17. The van der Waals surface area contributed by atoms with Crippen molar-refractivity contribution in [2.24, 2.45) is 12.8 Å². The van der Waals surface area contributed by atoms with E-state index in [9.17, 15) is 0 Å². The summed E-state index contributed by atoms with van der Waals surface area (Å²) in [5.41, 5.74) is 6.97. The second-order valence-corrected chi connectivity index (χ2v) is 5.17. The van der Waals surface area contributed by atoms with Gasteiger partial charge in [-0.3, -0.25) is 10.1 Å². The molecule has 0 radical (unpaired) electrons. The molecule has 0 atom stereocenters. The number of pyridine rings is 1. The van der Waals surface area contributed by atoms with Gasteiger partial charge in [-0.2, -0.15) is 5.10 Å². The Hall–Kier alpha value is -1.53. The van der Waals surface area contributed by atoms with Crippen LogP contribution in [0.5, 0.6) is 0 Å². The van der Waals surface area contributed by atoms with Gasteiger partial charge in [-0.05, 0) is 30.8 Å². The van der Waals surface area contributed by atoms with Crippen molar-refractivity contribution in [1.82, 2.24) is 14.8 Å². The van der Waals surface area contributed by atoms with E-state index in [-0.39, 0.29) is 5.84 Å². The lowest BCUT2D eigenvalue weighted by atomic mass is 10.2. The number of nitrogens with two attached hydrogens (primary N) is 1. The van der Waals surface area contributed by atoms with Crippen molar-refractivity contribution < 1.29 is 0 Å². The van der Waals surface area contributed by atoms with Crippen LogP contribution in [0.2, 0.25) is 5.02 Å². The summed E-state index contributed by atoms with van der Waals surface area (Å²) in [5, 5.41) is 14.0. The number of rotatable bonds is 3. The van der Waals surface area contributed by atoms with Gasteiger partial charge in [0.1, 0.15) is 15.9 Å². The van der Waals surface area contributed by atoms with Crippen LogP contribution in [0.4, 0.5) is 0 Å². The van der Waals surface area contributed by atoms with Crippen molar-refractivity contribution in [3.05, 3.63) is 34.6 Å². The first-order chi connectivity index (χ1) is 8.49. The zero-order chi connectivity index (χ0) is 13.3. The average molecular weight is 282 g/mol. The number of nitrogens with zero attached hydrogens (tertiary/aromatic N) is 3. The Morgan fingerprint density at radius 2 is 2.22 bits per heavy atom. The van der Waals surface area contributed by atoms with Gasteiger partial charge < -0.3 is 5.73 Å². The smallest absolute Gasteiger partial charge is 0.127 e. The van der Waals surface area contributed by atoms with E-state index < -0.39 is 0 Å². The summed E-state index contributed by atoms with van der Waals surface area (Å²) in [6.45, 7) is 1.83. The summed E-state index contributed by atoms with van der Waals surface area (Å²) in [4.78, 5) is 4.20. The third-order valence-corrected chi connectivity index (χ3v) is 3.68. The van der Waals surface area contributed by atoms with Crippen molar-refractivity contribution >= 4 is 29.2 Å². The van der Waals surface area contributed by atoms with Crippen molar-refractivity contribution in [3.8, 4) is 0 Å². The number of nitrogens with one attached hydrogen (secondary N) is 1. The molecule has 0 aliphatic rings. The van der Waals surface area contributed by atoms with E-state index in [1.54, 1.807) is 16.9 Å². The number of aromatic nitrogens is 3. The highest BCUT2D eigenvalue weighted by atomic mass is 35.5. The molecule has 3 N–H and O–H groups in total. The number of amidine groups is 1. The molecule has 0 amide bonds. The van der Waals surface area contributed by atoms with Gasteiger partial charge in [0.2, 0.25) is 0 Å². The van der Waals surface area contributed by atoms with Gasteiger partial charge in [-0.1, -0.05) is 11.6 Å². The quantitative estimate of drug-likeness (QED) is 0.668. The van der Waals surface area contributed by atoms with Gasteiger partial charge in [0.05, 0.1) is 16.3 Å². The summed E-state index contributed by atoms with van der Waals surface area (Å²) in [6, 6.07) is 3.59. The van der Waals surface area contributed by atoms with Crippen LogP contribution in [0, 0.1) is 12.3 Å². The fraction of sp³-hybridized carbons (Fsp3) is 0.182. The van der Waals surface area contributed by atoms with E-state index in [4.69, 9.17) is 22.7 Å². The molecule has 94 valence electrons. The lowest BCUT2D eigenvalue weighted by molar-refractivity contribution is 0.691. The predicted molar refractivity (Wildman–Crippen MR) is 72.3 cm³/mol. The minimum absolute atomic E-state index is 0.0112. The fourth-order valence-corrected chi connectivity index (χ4v) is 2.67. The molecule has 7 heteroatoms. The first-order valence-corrected chi connectivity index (χ1v) is 6.36. The molecule has 0 aliphatic carbocycles. The van der Waals surface area contributed by atoms with E-state index in [0.717, 1.165) is 15.7 Å². The zero-order valence-electron chi connectivity index (χ0n) is 9.94. The first-order valence-electron chi connectivity index (χ1n) is 5.16. The van der Waals surface area contributed by atoms with Gasteiger partial charge in [-0.15, -0.1) is 0 Å². The molecule has 0 unspecified atom stereocenters. The van der Waals surface area contributed by atoms with Crippen molar-refractivity contribution in [3.63, 3.8) is 0 Å². The van der Waals surface area contributed by atoms with E-state index in [2.05, 4.69) is 10.1 Å². The zero-order valence-corrected chi connectivity index (χ0v) is 11.5. The number of hydrogen-bond acceptors (Lipinski definition) is 4. The molecule has 0 saturated carbocycles. The number of nitrogen functional groups attached to an aromatic ring is 1. The topological polar surface area (TPSA) is 80.6 Å². The van der Waals surface area contributed by atoms with Crippen LogP contribution in [0.3, 0.4) is 0 Å². The van der Waals surface area contributed by atoms with Crippen LogP contribution in [0.15, 0.2) is 28.4 Å². The molecule has 0 bridgehead atoms. The largest absolute Gasteiger partial charge is 0.384 e. The van der Waals surface area contributed by atoms with Gasteiger partial charge in [0, 0.05) is 13.2 Å². The third kappa shape index (κ3) is 2.49. The van der Waals surface area contributed by atoms with Crippen LogP contribution >= 0.6 is 23.4 Å². The second-order valence-electron chi connectivity index (χ2n) is 3.72. The SMILES string of the molecule is Cc1nn(C)c(Sc2ccc(Cl)cn2)c1C(=N)N. The van der Waals surface area contributed by atoms with E-state index in [1.165, 1.54) is 11.8 Å². The van der Waals surface area contributed by atoms with Crippen LogP contribution in [-0.4, -0.2) is 20.6 Å².